The Balaban J connectivity index is 2.51. The summed E-state index contributed by atoms with van der Waals surface area (Å²) < 4.78 is 10.4. The average molecular weight is 274 g/mol. The molecule has 0 radical (unpaired) electrons. The molecule has 1 rings (SSSR count). The fourth-order valence-corrected chi connectivity index (χ4v) is 2.42. The van der Waals surface area contributed by atoms with Gasteiger partial charge in [-0.15, -0.1) is 11.3 Å². The fraction of sp³-hybridized carbons (Fsp3) is 0.600. The van der Waals surface area contributed by atoms with Crippen molar-refractivity contribution in [2.45, 2.75) is 32.0 Å². The van der Waals surface area contributed by atoms with Gasteiger partial charge in [0.2, 0.25) is 0 Å². The van der Waals surface area contributed by atoms with Gasteiger partial charge in [0, 0.05) is 26.3 Å². The summed E-state index contributed by atoms with van der Waals surface area (Å²) in [4.78, 5) is 14.8. The van der Waals surface area contributed by atoms with Gasteiger partial charge >= 0.3 is 6.09 Å². The molecule has 1 heterocycles. The number of aromatic nitrogens is 1. The highest BCUT2D eigenvalue weighted by molar-refractivity contribution is 7.09. The smallest absolute Gasteiger partial charge is 0.407 e. The summed E-state index contributed by atoms with van der Waals surface area (Å²) in [7, 11) is -1.16. The molecule has 1 unspecified atom stereocenters. The van der Waals surface area contributed by atoms with Gasteiger partial charge in [0.05, 0.1) is 0 Å². The summed E-state index contributed by atoms with van der Waals surface area (Å²) in [5, 5.41) is 2.41. The molecule has 0 aliphatic rings. The van der Waals surface area contributed by atoms with E-state index in [1.165, 1.54) is 11.3 Å². The van der Waals surface area contributed by atoms with Crippen molar-refractivity contribution in [2.24, 2.45) is 5.73 Å². The third-order valence-electron chi connectivity index (χ3n) is 2.00. The van der Waals surface area contributed by atoms with E-state index in [1.54, 1.807) is 11.6 Å². The van der Waals surface area contributed by atoms with Crippen LogP contribution in [0.15, 0.2) is 11.6 Å². The van der Waals surface area contributed by atoms with Gasteiger partial charge in [-0.3, -0.25) is 0 Å². The molecule has 1 aromatic rings. The number of carbonyl (C=O) groups excluding carboxylic acids is 1. The van der Waals surface area contributed by atoms with Crippen LogP contribution in [0.5, 0.6) is 0 Å². The Morgan fingerprint density at radius 3 is 2.76 bits per heavy atom. The lowest BCUT2D eigenvalue weighted by atomic mass is 10.6. The van der Waals surface area contributed by atoms with E-state index < -0.39 is 20.5 Å². The van der Waals surface area contributed by atoms with Gasteiger partial charge in [0.15, 0.2) is 5.01 Å². The van der Waals surface area contributed by atoms with Crippen molar-refractivity contribution in [3.63, 3.8) is 0 Å². The molecule has 1 atom stereocenters. The molecule has 0 bridgehead atoms. The molecule has 96 valence electrons. The number of thiazole rings is 1. The maximum absolute atomic E-state index is 10.8. The molecule has 0 aliphatic heterocycles. The van der Waals surface area contributed by atoms with Crippen LogP contribution in [0, 0.1) is 0 Å². The molecule has 0 saturated heterocycles. The first-order valence-corrected chi connectivity index (χ1v) is 9.94. The van der Waals surface area contributed by atoms with Crippen LogP contribution < -0.4 is 5.73 Å². The summed E-state index contributed by atoms with van der Waals surface area (Å²) >= 11 is 1.37. The van der Waals surface area contributed by atoms with Gasteiger partial charge < -0.3 is 15.2 Å². The van der Waals surface area contributed by atoms with Gasteiger partial charge in [0.25, 0.3) is 6.29 Å². The Bertz CT molecular complexity index is 351. The first-order chi connectivity index (χ1) is 7.88. The van der Waals surface area contributed by atoms with Crippen molar-refractivity contribution >= 4 is 25.5 Å². The van der Waals surface area contributed by atoms with Crippen LogP contribution in [0.4, 0.5) is 4.79 Å². The molecule has 17 heavy (non-hydrogen) atoms. The second-order valence-corrected chi connectivity index (χ2v) is 11.4. The first kappa shape index (κ1) is 14.1. The highest BCUT2D eigenvalue weighted by Crippen LogP contribution is 2.22. The van der Waals surface area contributed by atoms with Crippen LogP contribution in [0.3, 0.4) is 0 Å². The topological polar surface area (TPSA) is 74.4 Å². The second kappa shape index (κ2) is 6.13. The summed E-state index contributed by atoms with van der Waals surface area (Å²) in [5.41, 5.74) is 5.00. The molecule has 0 spiro atoms. The predicted molar refractivity (Wildman–Crippen MR) is 69.6 cm³/mol. The van der Waals surface area contributed by atoms with Gasteiger partial charge in [-0.1, -0.05) is 19.6 Å². The minimum atomic E-state index is -1.16. The summed E-state index contributed by atoms with van der Waals surface area (Å²) in [6.07, 6.45) is 0.0150. The standard InChI is InChI=1S/C10H18N2O3SSi/c1-17(2,3)7-5-14-9(15-10(11)13)8-12-4-6-16-8/h4,6,9H,5,7H2,1-3H3,(H2,11,13). The number of carbonyl (C=O) groups is 1. The first-order valence-electron chi connectivity index (χ1n) is 5.35. The molecule has 1 aromatic heterocycles. The highest BCUT2D eigenvalue weighted by atomic mass is 32.1. The van der Waals surface area contributed by atoms with E-state index >= 15 is 0 Å². The molecule has 1 amide bonds. The Morgan fingerprint density at radius 1 is 1.59 bits per heavy atom. The molecule has 7 heteroatoms. The molecule has 0 saturated carbocycles. The zero-order chi connectivity index (χ0) is 12.9. The number of amides is 1. The number of ether oxygens (including phenoxy) is 2. The maximum Gasteiger partial charge on any atom is 0.407 e. The third-order valence-corrected chi connectivity index (χ3v) is 4.50. The van der Waals surface area contributed by atoms with Crippen molar-refractivity contribution in [2.75, 3.05) is 6.61 Å². The van der Waals surface area contributed by atoms with Gasteiger partial charge in [-0.2, -0.15) is 0 Å². The van der Waals surface area contributed by atoms with Crippen molar-refractivity contribution in [1.29, 1.82) is 0 Å². The lowest BCUT2D eigenvalue weighted by Gasteiger charge is -2.19. The monoisotopic (exact) mass is 274 g/mol. The van der Waals surface area contributed by atoms with Crippen molar-refractivity contribution < 1.29 is 14.3 Å². The van der Waals surface area contributed by atoms with E-state index in [4.69, 9.17) is 15.2 Å². The molecule has 0 fully saturated rings. The van der Waals surface area contributed by atoms with Gasteiger partial charge in [-0.05, 0) is 6.04 Å². The lowest BCUT2D eigenvalue weighted by molar-refractivity contribution is -0.101. The SMILES string of the molecule is C[Si](C)(C)CCOC(OC(N)=O)c1nccs1. The molecule has 5 nitrogen and oxygen atoms in total. The quantitative estimate of drug-likeness (QED) is 0.639. The van der Waals surface area contributed by atoms with E-state index in [-0.39, 0.29) is 0 Å². The number of rotatable bonds is 6. The zero-order valence-corrected chi connectivity index (χ0v) is 12.1. The number of nitrogens with zero attached hydrogens (tertiary/aromatic N) is 1. The highest BCUT2D eigenvalue weighted by Gasteiger charge is 2.20. The van der Waals surface area contributed by atoms with Crippen LogP contribution >= 0.6 is 11.3 Å². The molecule has 0 aliphatic carbocycles. The van der Waals surface area contributed by atoms with Crippen molar-refractivity contribution in [3.05, 3.63) is 16.6 Å². The maximum atomic E-state index is 10.8. The molecule has 2 N–H and O–H groups in total. The summed E-state index contributed by atoms with van der Waals surface area (Å²) in [6.45, 7) is 7.31. The largest absolute Gasteiger partial charge is 0.413 e. The normalized spacial score (nSPS) is 13.4. The molecular formula is C10H18N2O3SSi. The van der Waals surface area contributed by atoms with Crippen molar-refractivity contribution in [1.82, 2.24) is 4.98 Å². The number of primary amides is 1. The molecule has 0 aromatic carbocycles. The Labute approximate surface area is 106 Å². The van der Waals surface area contributed by atoms with Crippen LogP contribution in [0.2, 0.25) is 25.7 Å². The number of hydrogen-bond donors (Lipinski definition) is 1. The number of hydrogen-bond acceptors (Lipinski definition) is 5. The van der Waals surface area contributed by atoms with E-state index in [0.29, 0.717) is 11.6 Å². The van der Waals surface area contributed by atoms with Crippen LogP contribution in [-0.4, -0.2) is 25.8 Å². The van der Waals surface area contributed by atoms with Gasteiger partial charge in [0.1, 0.15) is 0 Å². The van der Waals surface area contributed by atoms with Crippen LogP contribution in [0.1, 0.15) is 11.3 Å². The van der Waals surface area contributed by atoms with Crippen LogP contribution in [0.25, 0.3) is 0 Å². The number of nitrogens with two attached hydrogens (primary N) is 1. The molecular weight excluding hydrogens is 256 g/mol. The van der Waals surface area contributed by atoms with E-state index in [9.17, 15) is 4.79 Å². The predicted octanol–water partition coefficient (Wildman–Crippen LogP) is 2.59. The summed E-state index contributed by atoms with van der Waals surface area (Å²) in [6, 6.07) is 0.997. The van der Waals surface area contributed by atoms with E-state index in [2.05, 4.69) is 24.6 Å². The van der Waals surface area contributed by atoms with Gasteiger partial charge in [-0.25, -0.2) is 9.78 Å². The Kier molecular flexibility index (Phi) is 5.10. The fourth-order valence-electron chi connectivity index (χ4n) is 1.08. The minimum Gasteiger partial charge on any atom is -0.413 e. The second-order valence-electron chi connectivity index (χ2n) is 4.82. The van der Waals surface area contributed by atoms with Crippen molar-refractivity contribution in [3.8, 4) is 0 Å². The lowest BCUT2D eigenvalue weighted by Crippen LogP contribution is -2.24. The Hall–Kier alpha value is -0.923. The minimum absolute atomic E-state index is 0.549. The van der Waals surface area contributed by atoms with E-state index in [1.807, 2.05) is 0 Å². The summed E-state index contributed by atoms with van der Waals surface area (Å²) in [5.74, 6) is 0. The van der Waals surface area contributed by atoms with E-state index in [0.717, 1.165) is 6.04 Å². The third kappa shape index (κ3) is 5.80. The Morgan fingerprint density at radius 2 is 2.29 bits per heavy atom. The average Bonchev–Trinajstić information content (AvgIpc) is 2.66. The van der Waals surface area contributed by atoms with Crippen LogP contribution in [-0.2, 0) is 9.47 Å². The zero-order valence-electron chi connectivity index (χ0n) is 10.3.